The molecule has 0 aliphatic heterocycles. The lowest BCUT2D eigenvalue weighted by Gasteiger charge is -2.16. The van der Waals surface area contributed by atoms with E-state index in [1.54, 1.807) is 6.07 Å². The first-order chi connectivity index (χ1) is 7.63. The number of aliphatic hydroxyl groups excluding tert-OH is 1. The van der Waals surface area contributed by atoms with Crippen LogP contribution in [0.15, 0.2) is 24.3 Å². The van der Waals surface area contributed by atoms with Gasteiger partial charge in [-0.3, -0.25) is 0 Å². The Morgan fingerprint density at radius 2 is 2.00 bits per heavy atom. The van der Waals surface area contributed by atoms with Crippen molar-refractivity contribution >= 4 is 0 Å². The van der Waals surface area contributed by atoms with Crippen LogP contribution in [0.4, 0.5) is 4.39 Å². The number of halogens is 1. The molecule has 90 valence electrons. The van der Waals surface area contributed by atoms with Crippen LogP contribution in [-0.2, 0) is 6.42 Å². The highest BCUT2D eigenvalue weighted by atomic mass is 19.1. The van der Waals surface area contributed by atoms with E-state index in [1.165, 1.54) is 6.07 Å². The van der Waals surface area contributed by atoms with Gasteiger partial charge in [0.2, 0.25) is 0 Å². The molecule has 2 nitrogen and oxygen atoms in total. The largest absolute Gasteiger partial charge is 0.396 e. The average molecular weight is 225 g/mol. The van der Waals surface area contributed by atoms with Gasteiger partial charge in [0.1, 0.15) is 5.82 Å². The molecule has 0 radical (unpaired) electrons. The third-order valence-electron chi connectivity index (χ3n) is 2.61. The van der Waals surface area contributed by atoms with Crippen LogP contribution in [-0.4, -0.2) is 24.3 Å². The maximum absolute atomic E-state index is 13.3. The number of hydrogen-bond donors (Lipinski definition) is 2. The van der Waals surface area contributed by atoms with Crippen molar-refractivity contribution in [2.24, 2.45) is 5.92 Å². The van der Waals surface area contributed by atoms with Crippen molar-refractivity contribution in [1.82, 2.24) is 5.32 Å². The smallest absolute Gasteiger partial charge is 0.126 e. The van der Waals surface area contributed by atoms with E-state index < -0.39 is 0 Å². The summed E-state index contributed by atoms with van der Waals surface area (Å²) in [6, 6.07) is 7.05. The molecule has 0 amide bonds. The van der Waals surface area contributed by atoms with Crippen LogP contribution in [0.5, 0.6) is 0 Å². The minimum Gasteiger partial charge on any atom is -0.396 e. The lowest BCUT2D eigenvalue weighted by atomic mass is 10.1. The number of hydrogen-bond acceptors (Lipinski definition) is 2. The number of aliphatic hydroxyl groups is 1. The van der Waals surface area contributed by atoms with Crippen LogP contribution >= 0.6 is 0 Å². The van der Waals surface area contributed by atoms with Crippen LogP contribution in [0.25, 0.3) is 0 Å². The fourth-order valence-corrected chi connectivity index (χ4v) is 1.53. The van der Waals surface area contributed by atoms with Gasteiger partial charge in [0, 0.05) is 19.2 Å². The number of nitrogens with one attached hydrogen (secondary N) is 1. The Balaban J connectivity index is 2.40. The molecule has 2 atom stereocenters. The lowest BCUT2D eigenvalue weighted by molar-refractivity contribution is 0.230. The zero-order chi connectivity index (χ0) is 12.0. The van der Waals surface area contributed by atoms with Crippen molar-refractivity contribution in [2.45, 2.75) is 26.3 Å². The molecular formula is C13H20FNO. The average Bonchev–Trinajstić information content (AvgIpc) is 2.29. The van der Waals surface area contributed by atoms with E-state index in [0.29, 0.717) is 6.42 Å². The van der Waals surface area contributed by atoms with Crippen molar-refractivity contribution in [3.05, 3.63) is 35.6 Å². The van der Waals surface area contributed by atoms with Crippen molar-refractivity contribution in [1.29, 1.82) is 0 Å². The SMILES string of the molecule is CC(CO)CNC(C)Cc1ccccc1F. The lowest BCUT2D eigenvalue weighted by Crippen LogP contribution is -2.33. The van der Waals surface area contributed by atoms with Gasteiger partial charge in [-0.25, -0.2) is 4.39 Å². The predicted molar refractivity (Wildman–Crippen MR) is 63.8 cm³/mol. The van der Waals surface area contributed by atoms with Crippen molar-refractivity contribution in [2.75, 3.05) is 13.2 Å². The molecule has 2 N–H and O–H groups in total. The van der Waals surface area contributed by atoms with E-state index in [1.807, 2.05) is 26.0 Å². The van der Waals surface area contributed by atoms with Crippen LogP contribution in [0.1, 0.15) is 19.4 Å². The quantitative estimate of drug-likeness (QED) is 0.776. The van der Waals surface area contributed by atoms with Gasteiger partial charge in [-0.15, -0.1) is 0 Å². The highest BCUT2D eigenvalue weighted by molar-refractivity contribution is 5.18. The van der Waals surface area contributed by atoms with E-state index in [4.69, 9.17) is 5.11 Å². The highest BCUT2D eigenvalue weighted by Gasteiger charge is 2.08. The van der Waals surface area contributed by atoms with Gasteiger partial charge in [0.05, 0.1) is 0 Å². The summed E-state index contributed by atoms with van der Waals surface area (Å²) < 4.78 is 13.3. The molecule has 0 heterocycles. The van der Waals surface area contributed by atoms with Gasteiger partial charge in [0.15, 0.2) is 0 Å². The van der Waals surface area contributed by atoms with Crippen LogP contribution in [0.3, 0.4) is 0 Å². The Morgan fingerprint density at radius 3 is 2.62 bits per heavy atom. The van der Waals surface area contributed by atoms with Crippen molar-refractivity contribution < 1.29 is 9.50 Å². The summed E-state index contributed by atoms with van der Waals surface area (Å²) in [6.07, 6.45) is 0.671. The Hall–Kier alpha value is -0.930. The van der Waals surface area contributed by atoms with E-state index in [9.17, 15) is 4.39 Å². The first-order valence-electron chi connectivity index (χ1n) is 5.71. The second kappa shape index (κ2) is 6.61. The normalized spacial score (nSPS) is 14.8. The minimum absolute atomic E-state index is 0.147. The summed E-state index contributed by atoms with van der Waals surface area (Å²) >= 11 is 0. The second-order valence-electron chi connectivity index (χ2n) is 4.39. The highest BCUT2D eigenvalue weighted by Crippen LogP contribution is 2.09. The molecule has 1 aromatic carbocycles. The topological polar surface area (TPSA) is 32.3 Å². The fraction of sp³-hybridized carbons (Fsp3) is 0.538. The molecule has 0 bridgehead atoms. The van der Waals surface area contributed by atoms with Crippen molar-refractivity contribution in [3.63, 3.8) is 0 Å². The molecule has 2 unspecified atom stereocenters. The summed E-state index contributed by atoms with van der Waals surface area (Å²) in [4.78, 5) is 0. The molecule has 0 saturated carbocycles. The Bertz CT molecular complexity index is 317. The monoisotopic (exact) mass is 225 g/mol. The van der Waals surface area contributed by atoms with E-state index in [-0.39, 0.29) is 24.4 Å². The van der Waals surface area contributed by atoms with E-state index in [2.05, 4.69) is 5.32 Å². The summed E-state index contributed by atoms with van der Waals surface area (Å²) in [5, 5.41) is 12.2. The molecular weight excluding hydrogens is 205 g/mol. The summed E-state index contributed by atoms with van der Waals surface area (Å²) in [6.45, 7) is 4.94. The summed E-state index contributed by atoms with van der Waals surface area (Å²) in [5.41, 5.74) is 0.735. The minimum atomic E-state index is -0.147. The maximum Gasteiger partial charge on any atom is 0.126 e. The van der Waals surface area contributed by atoms with Gasteiger partial charge >= 0.3 is 0 Å². The second-order valence-corrected chi connectivity index (χ2v) is 4.39. The van der Waals surface area contributed by atoms with Crippen LogP contribution in [0, 0.1) is 11.7 Å². The summed E-state index contributed by atoms with van der Waals surface area (Å²) in [5.74, 6) is 0.0921. The van der Waals surface area contributed by atoms with Gasteiger partial charge < -0.3 is 10.4 Å². The van der Waals surface area contributed by atoms with Gasteiger partial charge in [-0.2, -0.15) is 0 Å². The molecule has 0 saturated heterocycles. The Labute approximate surface area is 96.5 Å². The molecule has 1 aromatic rings. The molecule has 0 aliphatic carbocycles. The van der Waals surface area contributed by atoms with E-state index in [0.717, 1.165) is 12.1 Å². The molecule has 16 heavy (non-hydrogen) atoms. The van der Waals surface area contributed by atoms with Crippen LogP contribution < -0.4 is 5.32 Å². The first kappa shape index (κ1) is 13.1. The predicted octanol–water partition coefficient (Wildman–Crippen LogP) is 1.97. The summed E-state index contributed by atoms with van der Waals surface area (Å²) in [7, 11) is 0. The Morgan fingerprint density at radius 1 is 1.31 bits per heavy atom. The zero-order valence-electron chi connectivity index (χ0n) is 9.91. The molecule has 0 aromatic heterocycles. The number of rotatable bonds is 6. The third-order valence-corrected chi connectivity index (χ3v) is 2.61. The molecule has 0 aliphatic rings. The number of benzene rings is 1. The van der Waals surface area contributed by atoms with Gasteiger partial charge in [-0.1, -0.05) is 25.1 Å². The maximum atomic E-state index is 13.3. The van der Waals surface area contributed by atoms with Crippen LogP contribution in [0.2, 0.25) is 0 Å². The van der Waals surface area contributed by atoms with Crippen molar-refractivity contribution in [3.8, 4) is 0 Å². The first-order valence-corrected chi connectivity index (χ1v) is 5.71. The molecule has 0 fully saturated rings. The Kier molecular flexibility index (Phi) is 5.43. The molecule has 1 rings (SSSR count). The molecule has 3 heteroatoms. The van der Waals surface area contributed by atoms with Gasteiger partial charge in [-0.05, 0) is 30.9 Å². The van der Waals surface area contributed by atoms with E-state index >= 15 is 0 Å². The van der Waals surface area contributed by atoms with Gasteiger partial charge in [0.25, 0.3) is 0 Å². The fourth-order valence-electron chi connectivity index (χ4n) is 1.53. The molecule has 0 spiro atoms. The zero-order valence-corrected chi connectivity index (χ0v) is 9.91. The third kappa shape index (κ3) is 4.29. The standard InChI is InChI=1S/C13H20FNO/c1-10(9-16)8-15-11(2)7-12-5-3-4-6-13(12)14/h3-6,10-11,15-16H,7-9H2,1-2H3.